The van der Waals surface area contributed by atoms with Gasteiger partial charge in [0.1, 0.15) is 0 Å². The zero-order valence-electron chi connectivity index (χ0n) is 17.3. The van der Waals surface area contributed by atoms with Crippen molar-refractivity contribution in [2.24, 2.45) is 17.8 Å². The lowest BCUT2D eigenvalue weighted by molar-refractivity contribution is 0.171. The van der Waals surface area contributed by atoms with Crippen molar-refractivity contribution in [3.8, 4) is 0 Å². The van der Waals surface area contributed by atoms with Crippen molar-refractivity contribution in [3.05, 3.63) is 42.0 Å². The van der Waals surface area contributed by atoms with Gasteiger partial charge in [-0.2, -0.15) is 0 Å². The van der Waals surface area contributed by atoms with Crippen LogP contribution in [0.2, 0.25) is 6.04 Å². The topological polar surface area (TPSA) is 0 Å². The molecular formula is C25H39FSi. The molecule has 0 radical (unpaired) electrons. The number of rotatable bonds is 8. The van der Waals surface area contributed by atoms with Crippen molar-refractivity contribution in [1.29, 1.82) is 0 Å². The molecule has 2 fully saturated rings. The highest BCUT2D eigenvalue weighted by atomic mass is 28.2. The van der Waals surface area contributed by atoms with E-state index in [1.165, 1.54) is 57.4 Å². The second-order valence-electron chi connectivity index (χ2n) is 9.04. The second-order valence-corrected chi connectivity index (χ2v) is 11.4. The van der Waals surface area contributed by atoms with E-state index >= 15 is 0 Å². The number of unbranched alkanes of at least 4 members (excludes halogenated alkanes) is 1. The van der Waals surface area contributed by atoms with E-state index in [1.807, 2.05) is 0 Å². The molecule has 2 saturated carbocycles. The third kappa shape index (κ3) is 6.31. The highest BCUT2D eigenvalue weighted by Crippen LogP contribution is 2.44. The van der Waals surface area contributed by atoms with Crippen LogP contribution in [0.15, 0.2) is 36.4 Å². The Morgan fingerprint density at radius 2 is 1.56 bits per heavy atom. The molecule has 0 aromatic heterocycles. The largest absolute Gasteiger partial charge is 0.251 e. The van der Waals surface area contributed by atoms with Crippen LogP contribution < -0.4 is 5.19 Å². The van der Waals surface area contributed by atoms with Gasteiger partial charge in [0.15, 0.2) is 0 Å². The summed E-state index contributed by atoms with van der Waals surface area (Å²) in [5.74, 6) is 3.53. The Labute approximate surface area is 168 Å². The summed E-state index contributed by atoms with van der Waals surface area (Å²) >= 11 is 0. The van der Waals surface area contributed by atoms with Crippen molar-refractivity contribution in [1.82, 2.24) is 0 Å². The molecule has 0 spiro atoms. The van der Waals surface area contributed by atoms with E-state index in [1.54, 1.807) is 10.8 Å². The Morgan fingerprint density at radius 3 is 2.15 bits per heavy atom. The molecule has 0 aliphatic heterocycles. The average molecular weight is 387 g/mol. The Morgan fingerprint density at radius 1 is 0.926 bits per heavy atom. The molecule has 0 saturated heterocycles. The highest BCUT2D eigenvalue weighted by Gasteiger charge is 2.30. The Bertz CT molecular complexity index is 548. The standard InChI is InChI=1S/C25H39FSi/c1-2-27-25-17-15-24(16-18-25)23-13-11-22(12-14-23)21-9-7-20(8-10-21)6-4-3-5-19-26/h4,6,15-18,20-23H,2-3,5,7-14,19,27H2,1H3/t20-,21-,22-,23-. The van der Waals surface area contributed by atoms with Crippen LogP contribution in [-0.4, -0.2) is 16.2 Å². The van der Waals surface area contributed by atoms with E-state index in [9.17, 15) is 4.39 Å². The van der Waals surface area contributed by atoms with Gasteiger partial charge < -0.3 is 0 Å². The van der Waals surface area contributed by atoms with Gasteiger partial charge in [0, 0.05) is 0 Å². The molecule has 0 bridgehead atoms. The number of hydrogen-bond donors (Lipinski definition) is 0. The fourth-order valence-corrected chi connectivity index (χ4v) is 6.61. The van der Waals surface area contributed by atoms with Gasteiger partial charge in [-0.05, 0) is 93.4 Å². The summed E-state index contributed by atoms with van der Waals surface area (Å²) < 4.78 is 12.2. The minimum atomic E-state index is -0.176. The van der Waals surface area contributed by atoms with Crippen LogP contribution >= 0.6 is 0 Å². The van der Waals surface area contributed by atoms with Crippen molar-refractivity contribution in [3.63, 3.8) is 0 Å². The van der Waals surface area contributed by atoms with E-state index in [0.29, 0.717) is 6.42 Å². The quantitative estimate of drug-likeness (QED) is 0.279. The first-order chi connectivity index (χ1) is 13.3. The molecule has 27 heavy (non-hydrogen) atoms. The summed E-state index contributed by atoms with van der Waals surface area (Å²) in [5.41, 5.74) is 1.60. The molecular weight excluding hydrogens is 347 g/mol. The van der Waals surface area contributed by atoms with Crippen LogP contribution in [0.4, 0.5) is 4.39 Å². The van der Waals surface area contributed by atoms with Crippen molar-refractivity contribution < 1.29 is 4.39 Å². The van der Waals surface area contributed by atoms with Gasteiger partial charge in [-0.1, -0.05) is 54.6 Å². The predicted molar refractivity (Wildman–Crippen MR) is 120 cm³/mol. The molecule has 150 valence electrons. The molecule has 2 heteroatoms. The zero-order valence-corrected chi connectivity index (χ0v) is 18.8. The van der Waals surface area contributed by atoms with Gasteiger partial charge >= 0.3 is 0 Å². The molecule has 2 aliphatic carbocycles. The lowest BCUT2D eigenvalue weighted by Gasteiger charge is -2.37. The molecule has 0 unspecified atom stereocenters. The summed E-state index contributed by atoms with van der Waals surface area (Å²) in [5, 5.41) is 1.63. The summed E-state index contributed by atoms with van der Waals surface area (Å²) in [7, 11) is -0.00184. The average Bonchev–Trinajstić information content (AvgIpc) is 2.73. The number of hydrogen-bond acceptors (Lipinski definition) is 0. The summed E-state index contributed by atoms with van der Waals surface area (Å²) in [6.07, 6.45) is 17.5. The van der Waals surface area contributed by atoms with Gasteiger partial charge in [-0.15, -0.1) is 0 Å². The first kappa shape index (κ1) is 20.8. The minimum Gasteiger partial charge on any atom is -0.251 e. The number of alkyl halides is 1. The maximum atomic E-state index is 12.2. The Hall–Kier alpha value is -0.893. The van der Waals surface area contributed by atoms with E-state index in [0.717, 1.165) is 30.1 Å². The summed E-state index contributed by atoms with van der Waals surface area (Å²) in [6.45, 7) is 2.14. The lowest BCUT2D eigenvalue weighted by atomic mass is 9.68. The molecule has 1 aromatic carbocycles. The third-order valence-corrected chi connectivity index (χ3v) is 8.71. The van der Waals surface area contributed by atoms with Crippen LogP contribution in [-0.2, 0) is 0 Å². The van der Waals surface area contributed by atoms with Crippen LogP contribution in [0.3, 0.4) is 0 Å². The number of allylic oxidation sites excluding steroid dienone is 2. The fraction of sp³-hybridized carbons (Fsp3) is 0.680. The fourth-order valence-electron chi connectivity index (χ4n) is 5.46. The molecule has 0 heterocycles. The van der Waals surface area contributed by atoms with Gasteiger partial charge in [0.25, 0.3) is 0 Å². The van der Waals surface area contributed by atoms with Crippen molar-refractivity contribution >= 4 is 14.7 Å². The molecule has 2 aliphatic rings. The minimum absolute atomic E-state index is 0.00184. The molecule has 3 rings (SSSR count). The second kappa shape index (κ2) is 11.2. The molecule has 0 nitrogen and oxygen atoms in total. The van der Waals surface area contributed by atoms with Gasteiger partial charge in [-0.25, -0.2) is 0 Å². The Balaban J connectivity index is 1.40. The smallest absolute Gasteiger partial charge is 0.0897 e. The van der Waals surface area contributed by atoms with Crippen LogP contribution in [0.1, 0.15) is 82.6 Å². The molecule has 0 N–H and O–H groups in total. The number of benzene rings is 1. The number of halogens is 1. The Kier molecular flexibility index (Phi) is 8.63. The van der Waals surface area contributed by atoms with E-state index < -0.39 is 0 Å². The van der Waals surface area contributed by atoms with Crippen LogP contribution in [0.5, 0.6) is 0 Å². The first-order valence-electron chi connectivity index (χ1n) is 11.6. The monoisotopic (exact) mass is 386 g/mol. The zero-order chi connectivity index (χ0) is 18.9. The van der Waals surface area contributed by atoms with E-state index in [4.69, 9.17) is 0 Å². The van der Waals surface area contributed by atoms with Gasteiger partial charge in [0.2, 0.25) is 0 Å². The van der Waals surface area contributed by atoms with Crippen LogP contribution in [0.25, 0.3) is 0 Å². The van der Waals surface area contributed by atoms with Crippen LogP contribution in [0, 0.1) is 17.8 Å². The van der Waals surface area contributed by atoms with E-state index in [2.05, 4.69) is 43.3 Å². The van der Waals surface area contributed by atoms with Gasteiger partial charge in [-0.3, -0.25) is 4.39 Å². The SMILES string of the molecule is CC[SiH2]c1ccc([C@H]2CC[C@H]([C@H]3CC[C@H](C=CCCCF)CC3)CC2)cc1. The first-order valence-corrected chi connectivity index (χ1v) is 13.3. The lowest BCUT2D eigenvalue weighted by Crippen LogP contribution is -2.25. The predicted octanol–water partition coefficient (Wildman–Crippen LogP) is 6.31. The third-order valence-electron chi connectivity index (χ3n) is 7.16. The molecule has 0 amide bonds. The van der Waals surface area contributed by atoms with E-state index in [-0.39, 0.29) is 16.2 Å². The summed E-state index contributed by atoms with van der Waals surface area (Å²) in [4.78, 5) is 0. The molecule has 0 atom stereocenters. The molecule has 1 aromatic rings. The highest BCUT2D eigenvalue weighted by molar-refractivity contribution is 6.53. The maximum Gasteiger partial charge on any atom is 0.0897 e. The van der Waals surface area contributed by atoms with Gasteiger partial charge in [0.05, 0.1) is 16.2 Å². The maximum absolute atomic E-state index is 12.2. The summed E-state index contributed by atoms with van der Waals surface area (Å²) in [6, 6.07) is 11.1. The van der Waals surface area contributed by atoms with Crippen molar-refractivity contribution in [2.45, 2.75) is 83.1 Å². The normalized spacial score (nSPS) is 29.7. The van der Waals surface area contributed by atoms with Crippen molar-refractivity contribution in [2.75, 3.05) is 6.67 Å².